The molecule has 10 heteroatoms. The lowest BCUT2D eigenvalue weighted by atomic mass is 10.1. The third-order valence-electron chi connectivity index (χ3n) is 6.29. The molecule has 7 nitrogen and oxygen atoms in total. The van der Waals surface area contributed by atoms with Crippen molar-refractivity contribution in [3.05, 3.63) is 93.5 Å². The van der Waals surface area contributed by atoms with Crippen molar-refractivity contribution in [1.82, 2.24) is 10.2 Å². The first-order valence-electron chi connectivity index (χ1n) is 12.5. The van der Waals surface area contributed by atoms with Crippen molar-refractivity contribution in [3.8, 4) is 0 Å². The van der Waals surface area contributed by atoms with E-state index in [0.29, 0.717) is 21.2 Å². The molecule has 39 heavy (non-hydrogen) atoms. The molecule has 3 aromatic carbocycles. The summed E-state index contributed by atoms with van der Waals surface area (Å²) in [6.45, 7) is 8.26. The molecular weight excluding hydrogens is 557 g/mol. The first-order chi connectivity index (χ1) is 18.3. The number of amides is 2. The van der Waals surface area contributed by atoms with Gasteiger partial charge in [0.1, 0.15) is 12.6 Å². The van der Waals surface area contributed by atoms with Crippen LogP contribution in [0.25, 0.3) is 0 Å². The van der Waals surface area contributed by atoms with Crippen molar-refractivity contribution < 1.29 is 18.0 Å². The Bertz CT molecular complexity index is 1440. The van der Waals surface area contributed by atoms with Crippen LogP contribution in [0.2, 0.25) is 10.0 Å². The molecule has 0 aliphatic rings. The molecule has 0 fully saturated rings. The molecule has 0 heterocycles. The molecule has 0 radical (unpaired) electrons. The SMILES string of the molecule is Cc1ccc(S(=O)(=O)N(CC(=O)N(Cc2ccccc2Cl)[C@@H](C)C(=O)NC(C)C)c2cccc(Cl)c2C)cc1. The number of aryl methyl sites for hydroxylation is 1. The molecular formula is C29H33Cl2N3O4S. The van der Waals surface area contributed by atoms with E-state index in [0.717, 1.165) is 9.87 Å². The first-order valence-corrected chi connectivity index (χ1v) is 14.7. The van der Waals surface area contributed by atoms with Crippen LogP contribution in [0, 0.1) is 13.8 Å². The second-order valence-corrected chi connectivity index (χ2v) is 12.3. The predicted octanol–water partition coefficient (Wildman–Crippen LogP) is 5.75. The lowest BCUT2D eigenvalue weighted by Gasteiger charge is -2.33. The van der Waals surface area contributed by atoms with E-state index in [4.69, 9.17) is 23.2 Å². The highest BCUT2D eigenvalue weighted by Gasteiger charge is 2.33. The van der Waals surface area contributed by atoms with Crippen molar-refractivity contribution in [2.75, 3.05) is 10.8 Å². The molecule has 0 unspecified atom stereocenters. The summed E-state index contributed by atoms with van der Waals surface area (Å²) in [5.41, 5.74) is 2.30. The van der Waals surface area contributed by atoms with Crippen molar-refractivity contribution >= 4 is 50.7 Å². The second kappa shape index (κ2) is 12.9. The fourth-order valence-corrected chi connectivity index (χ4v) is 5.85. The average molecular weight is 591 g/mol. The van der Waals surface area contributed by atoms with E-state index in [2.05, 4.69) is 5.32 Å². The normalized spacial score (nSPS) is 12.2. The molecule has 0 aliphatic heterocycles. The Hall–Kier alpha value is -3.07. The number of sulfonamides is 1. The number of carbonyl (C=O) groups excluding carboxylic acids is 2. The van der Waals surface area contributed by atoms with E-state index in [1.54, 1.807) is 68.4 Å². The summed E-state index contributed by atoms with van der Waals surface area (Å²) in [5, 5.41) is 3.62. The highest BCUT2D eigenvalue weighted by atomic mass is 35.5. The van der Waals surface area contributed by atoms with E-state index in [1.165, 1.54) is 17.0 Å². The first kappa shape index (κ1) is 30.5. The van der Waals surface area contributed by atoms with Crippen LogP contribution in [0.3, 0.4) is 0 Å². The van der Waals surface area contributed by atoms with Crippen molar-refractivity contribution in [3.63, 3.8) is 0 Å². The van der Waals surface area contributed by atoms with Gasteiger partial charge in [0, 0.05) is 22.6 Å². The van der Waals surface area contributed by atoms with Crippen LogP contribution in [0.4, 0.5) is 5.69 Å². The Kier molecular flexibility index (Phi) is 10.0. The molecule has 1 atom stereocenters. The van der Waals surface area contributed by atoms with Gasteiger partial charge in [0.15, 0.2) is 0 Å². The fourth-order valence-electron chi connectivity index (χ4n) is 4.01. The maximum absolute atomic E-state index is 14.0. The zero-order valence-electron chi connectivity index (χ0n) is 22.6. The topological polar surface area (TPSA) is 86.8 Å². The van der Waals surface area contributed by atoms with E-state index >= 15 is 0 Å². The van der Waals surface area contributed by atoms with E-state index < -0.39 is 28.5 Å². The molecule has 2 amide bonds. The summed E-state index contributed by atoms with van der Waals surface area (Å²) >= 11 is 12.7. The van der Waals surface area contributed by atoms with Crippen molar-refractivity contribution in [2.24, 2.45) is 0 Å². The number of nitrogens with one attached hydrogen (secondary N) is 1. The summed E-state index contributed by atoms with van der Waals surface area (Å²) in [5.74, 6) is -0.936. The van der Waals surface area contributed by atoms with E-state index in [-0.39, 0.29) is 29.1 Å². The largest absolute Gasteiger partial charge is 0.352 e. The fraction of sp³-hybridized carbons (Fsp3) is 0.310. The van der Waals surface area contributed by atoms with Crippen LogP contribution in [-0.4, -0.2) is 43.8 Å². The minimum Gasteiger partial charge on any atom is -0.352 e. The number of rotatable bonds is 10. The lowest BCUT2D eigenvalue weighted by molar-refractivity contribution is -0.139. The Morgan fingerprint density at radius 3 is 2.10 bits per heavy atom. The predicted molar refractivity (Wildman–Crippen MR) is 157 cm³/mol. The quantitative estimate of drug-likeness (QED) is 0.326. The minimum atomic E-state index is -4.18. The number of hydrogen-bond acceptors (Lipinski definition) is 4. The van der Waals surface area contributed by atoms with Gasteiger partial charge in [0.2, 0.25) is 11.8 Å². The molecule has 0 saturated carbocycles. The number of carbonyl (C=O) groups is 2. The molecule has 1 N–H and O–H groups in total. The minimum absolute atomic E-state index is 0.0120. The summed E-state index contributed by atoms with van der Waals surface area (Å²) < 4.78 is 28.9. The van der Waals surface area contributed by atoms with Gasteiger partial charge in [-0.25, -0.2) is 8.42 Å². The van der Waals surface area contributed by atoms with Gasteiger partial charge in [0.25, 0.3) is 10.0 Å². The molecule has 3 aromatic rings. The monoisotopic (exact) mass is 589 g/mol. The van der Waals surface area contributed by atoms with E-state index in [9.17, 15) is 18.0 Å². The molecule has 3 rings (SSSR count). The molecule has 208 valence electrons. The molecule has 0 aliphatic carbocycles. The van der Waals surface area contributed by atoms with Crippen LogP contribution < -0.4 is 9.62 Å². The number of benzene rings is 3. The van der Waals surface area contributed by atoms with Gasteiger partial charge in [-0.3, -0.25) is 13.9 Å². The van der Waals surface area contributed by atoms with Gasteiger partial charge in [-0.2, -0.15) is 0 Å². The van der Waals surface area contributed by atoms with Crippen LogP contribution in [0.15, 0.2) is 71.6 Å². The maximum atomic E-state index is 14.0. The van der Waals surface area contributed by atoms with E-state index in [1.807, 2.05) is 20.8 Å². The van der Waals surface area contributed by atoms with Crippen LogP contribution >= 0.6 is 23.2 Å². The second-order valence-electron chi connectivity index (χ2n) is 9.66. The van der Waals surface area contributed by atoms with Gasteiger partial charge < -0.3 is 10.2 Å². The van der Waals surface area contributed by atoms with Gasteiger partial charge in [-0.1, -0.05) is 65.2 Å². The summed E-state index contributed by atoms with van der Waals surface area (Å²) in [6.07, 6.45) is 0. The van der Waals surface area contributed by atoms with Gasteiger partial charge in [0.05, 0.1) is 10.6 Å². The number of halogens is 2. The van der Waals surface area contributed by atoms with Gasteiger partial charge in [-0.15, -0.1) is 0 Å². The summed E-state index contributed by atoms with van der Waals surface area (Å²) in [6, 6.07) is 17.2. The number of anilines is 1. The third kappa shape index (κ3) is 7.32. The van der Waals surface area contributed by atoms with Crippen molar-refractivity contribution in [2.45, 2.75) is 58.1 Å². The summed E-state index contributed by atoms with van der Waals surface area (Å²) in [4.78, 5) is 28.3. The standard InChI is InChI=1S/C29H33Cl2N3O4S/c1-19(2)32-29(36)22(5)33(17-23-9-6-7-10-26(23)31)28(35)18-34(27-12-8-11-25(30)21(27)4)39(37,38)24-15-13-20(3)14-16-24/h6-16,19,22H,17-18H2,1-5H3,(H,32,36)/t22-/m0/s1. The van der Waals surface area contributed by atoms with Crippen LogP contribution in [-0.2, 0) is 26.2 Å². The zero-order chi connectivity index (χ0) is 28.9. The highest BCUT2D eigenvalue weighted by Crippen LogP contribution is 2.31. The van der Waals surface area contributed by atoms with Gasteiger partial charge in [-0.05, 0) is 76.1 Å². The molecule has 0 aromatic heterocycles. The van der Waals surface area contributed by atoms with Gasteiger partial charge >= 0.3 is 0 Å². The third-order valence-corrected chi connectivity index (χ3v) is 8.84. The van der Waals surface area contributed by atoms with Crippen LogP contribution in [0.5, 0.6) is 0 Å². The average Bonchev–Trinajstić information content (AvgIpc) is 2.88. The Balaban J connectivity index is 2.09. The Labute approximate surface area is 240 Å². The summed E-state index contributed by atoms with van der Waals surface area (Å²) in [7, 11) is -4.18. The highest BCUT2D eigenvalue weighted by molar-refractivity contribution is 7.92. The number of hydrogen-bond donors (Lipinski definition) is 1. The number of nitrogens with zero attached hydrogens (tertiary/aromatic N) is 2. The molecule has 0 bridgehead atoms. The Morgan fingerprint density at radius 2 is 1.49 bits per heavy atom. The maximum Gasteiger partial charge on any atom is 0.264 e. The lowest BCUT2D eigenvalue weighted by Crippen LogP contribution is -2.52. The zero-order valence-corrected chi connectivity index (χ0v) is 24.9. The van der Waals surface area contributed by atoms with Crippen molar-refractivity contribution in [1.29, 1.82) is 0 Å². The molecule has 0 saturated heterocycles. The smallest absolute Gasteiger partial charge is 0.264 e. The Morgan fingerprint density at radius 1 is 0.872 bits per heavy atom. The molecule has 0 spiro atoms. The van der Waals surface area contributed by atoms with Crippen LogP contribution in [0.1, 0.15) is 37.5 Å².